The average Bonchev–Trinajstić information content (AvgIpc) is 2.27. The van der Waals surface area contributed by atoms with Crippen molar-refractivity contribution in [3.63, 3.8) is 0 Å². The van der Waals surface area contributed by atoms with E-state index >= 15 is 0 Å². The Morgan fingerprint density at radius 2 is 2.11 bits per heavy atom. The second kappa shape index (κ2) is 6.33. The summed E-state index contributed by atoms with van der Waals surface area (Å²) in [4.78, 5) is 10.3. The first-order valence-electron chi connectivity index (χ1n) is 5.41. The second-order valence-corrected chi connectivity index (χ2v) is 6.12. The standard InChI is InChI=1S/C11H14ClNO5S/c1-7-2-3-10(8(12)6-7)19(17,18)13-5-4-9(14)11(15)16/h2-3,6,9,13-14H,4-5H2,1H3,(H,15,16). The number of carboxylic acid groups (broad SMARTS) is 1. The number of rotatable bonds is 6. The van der Waals surface area contributed by atoms with Crippen molar-refractivity contribution < 1.29 is 23.4 Å². The summed E-state index contributed by atoms with van der Waals surface area (Å²) >= 11 is 5.84. The topological polar surface area (TPSA) is 104 Å². The van der Waals surface area contributed by atoms with E-state index in [0.29, 0.717) is 0 Å². The van der Waals surface area contributed by atoms with Crippen LogP contribution in [0.15, 0.2) is 23.1 Å². The molecule has 0 bridgehead atoms. The summed E-state index contributed by atoms with van der Waals surface area (Å²) in [6.07, 6.45) is -1.82. The SMILES string of the molecule is Cc1ccc(S(=O)(=O)NCCC(O)C(=O)O)c(Cl)c1. The van der Waals surface area contributed by atoms with Gasteiger partial charge in [0.1, 0.15) is 4.90 Å². The molecule has 6 nitrogen and oxygen atoms in total. The van der Waals surface area contributed by atoms with E-state index in [1.54, 1.807) is 13.0 Å². The first-order chi connectivity index (χ1) is 8.74. The monoisotopic (exact) mass is 307 g/mol. The molecule has 0 aliphatic heterocycles. The fourth-order valence-corrected chi connectivity index (χ4v) is 3.00. The van der Waals surface area contributed by atoms with Gasteiger partial charge in [0.2, 0.25) is 10.0 Å². The molecule has 0 aliphatic carbocycles. The Balaban J connectivity index is 2.74. The van der Waals surface area contributed by atoms with Gasteiger partial charge in [-0.2, -0.15) is 0 Å². The highest BCUT2D eigenvalue weighted by Crippen LogP contribution is 2.22. The Hall–Kier alpha value is -1.15. The van der Waals surface area contributed by atoms with Crippen molar-refractivity contribution in [1.29, 1.82) is 0 Å². The van der Waals surface area contributed by atoms with Gasteiger partial charge in [0.15, 0.2) is 6.10 Å². The van der Waals surface area contributed by atoms with Gasteiger partial charge in [-0.15, -0.1) is 0 Å². The van der Waals surface area contributed by atoms with Crippen molar-refractivity contribution in [3.05, 3.63) is 28.8 Å². The molecule has 8 heteroatoms. The molecule has 1 atom stereocenters. The van der Waals surface area contributed by atoms with Crippen LogP contribution in [0.5, 0.6) is 0 Å². The molecule has 0 aromatic heterocycles. The maximum absolute atomic E-state index is 11.9. The summed E-state index contributed by atoms with van der Waals surface area (Å²) in [5.41, 5.74) is 0.824. The number of nitrogens with one attached hydrogen (secondary N) is 1. The van der Waals surface area contributed by atoms with Gasteiger partial charge in [-0.3, -0.25) is 0 Å². The van der Waals surface area contributed by atoms with Gasteiger partial charge in [0.05, 0.1) is 5.02 Å². The van der Waals surface area contributed by atoms with Crippen LogP contribution in [0.25, 0.3) is 0 Å². The Bertz CT molecular complexity index is 572. The predicted molar refractivity (Wildman–Crippen MR) is 69.6 cm³/mol. The normalized spacial score (nSPS) is 13.2. The van der Waals surface area contributed by atoms with Crippen LogP contribution in [-0.4, -0.2) is 37.2 Å². The molecule has 19 heavy (non-hydrogen) atoms. The molecule has 0 amide bonds. The zero-order valence-corrected chi connectivity index (χ0v) is 11.7. The first kappa shape index (κ1) is 15.9. The number of aliphatic hydroxyl groups excluding tert-OH is 1. The van der Waals surface area contributed by atoms with E-state index in [0.717, 1.165) is 5.56 Å². The molecule has 0 spiro atoms. The van der Waals surface area contributed by atoms with Crippen LogP contribution in [-0.2, 0) is 14.8 Å². The highest BCUT2D eigenvalue weighted by molar-refractivity contribution is 7.89. The van der Waals surface area contributed by atoms with Crippen molar-refractivity contribution in [3.8, 4) is 0 Å². The quantitative estimate of drug-likeness (QED) is 0.720. The van der Waals surface area contributed by atoms with Gasteiger partial charge in [-0.1, -0.05) is 17.7 Å². The minimum Gasteiger partial charge on any atom is -0.479 e. The highest BCUT2D eigenvalue weighted by Gasteiger charge is 2.19. The maximum Gasteiger partial charge on any atom is 0.332 e. The zero-order chi connectivity index (χ0) is 14.6. The Morgan fingerprint density at radius 1 is 1.47 bits per heavy atom. The van der Waals surface area contributed by atoms with Crippen LogP contribution in [0.2, 0.25) is 5.02 Å². The van der Waals surface area contributed by atoms with E-state index in [-0.39, 0.29) is 22.9 Å². The highest BCUT2D eigenvalue weighted by atomic mass is 35.5. The van der Waals surface area contributed by atoms with E-state index in [4.69, 9.17) is 21.8 Å². The van der Waals surface area contributed by atoms with Crippen molar-refractivity contribution in [2.24, 2.45) is 0 Å². The summed E-state index contributed by atoms with van der Waals surface area (Å²) in [5, 5.41) is 17.6. The number of hydrogen-bond donors (Lipinski definition) is 3. The minimum absolute atomic E-state index is 0.0791. The third-order valence-corrected chi connectivity index (χ3v) is 4.32. The lowest BCUT2D eigenvalue weighted by molar-refractivity contribution is -0.146. The lowest BCUT2D eigenvalue weighted by atomic mass is 10.2. The lowest BCUT2D eigenvalue weighted by Gasteiger charge is -2.10. The van der Waals surface area contributed by atoms with E-state index < -0.39 is 22.1 Å². The molecular formula is C11H14ClNO5S. The molecule has 0 fully saturated rings. The maximum atomic E-state index is 11.9. The van der Waals surface area contributed by atoms with E-state index in [2.05, 4.69) is 4.72 Å². The number of sulfonamides is 1. The summed E-state index contributed by atoms with van der Waals surface area (Å²) < 4.78 is 26.0. The van der Waals surface area contributed by atoms with Gasteiger partial charge >= 0.3 is 5.97 Å². The Kier molecular flexibility index (Phi) is 5.30. The number of carbonyl (C=O) groups is 1. The van der Waals surface area contributed by atoms with Crippen LogP contribution in [0, 0.1) is 6.92 Å². The molecule has 0 heterocycles. The van der Waals surface area contributed by atoms with Crippen LogP contribution >= 0.6 is 11.6 Å². The molecule has 1 unspecified atom stereocenters. The van der Waals surface area contributed by atoms with E-state index in [1.807, 2.05) is 0 Å². The zero-order valence-electron chi connectivity index (χ0n) is 10.1. The number of aliphatic hydroxyl groups is 1. The summed E-state index contributed by atoms with van der Waals surface area (Å²) in [7, 11) is -3.82. The van der Waals surface area contributed by atoms with Gasteiger partial charge in [-0.25, -0.2) is 17.9 Å². The third-order valence-electron chi connectivity index (χ3n) is 2.37. The average molecular weight is 308 g/mol. The Morgan fingerprint density at radius 3 is 2.63 bits per heavy atom. The summed E-state index contributed by atoms with van der Waals surface area (Å²) in [5.74, 6) is -1.40. The number of halogens is 1. The van der Waals surface area contributed by atoms with E-state index in [1.165, 1.54) is 12.1 Å². The number of aliphatic carboxylic acids is 1. The van der Waals surface area contributed by atoms with Crippen LogP contribution in [0.4, 0.5) is 0 Å². The predicted octanol–water partition coefficient (Wildman–Crippen LogP) is 0.762. The smallest absolute Gasteiger partial charge is 0.332 e. The molecule has 0 aliphatic rings. The lowest BCUT2D eigenvalue weighted by Crippen LogP contribution is -2.30. The van der Waals surface area contributed by atoms with Gasteiger partial charge in [0.25, 0.3) is 0 Å². The molecule has 0 radical (unpaired) electrons. The summed E-state index contributed by atoms with van der Waals surface area (Å²) in [6, 6.07) is 4.49. The van der Waals surface area contributed by atoms with Crippen molar-refractivity contribution in [1.82, 2.24) is 4.72 Å². The second-order valence-electron chi connectivity index (χ2n) is 3.97. The molecule has 1 aromatic rings. The van der Waals surface area contributed by atoms with Crippen molar-refractivity contribution in [2.75, 3.05) is 6.54 Å². The Labute approximate surface area is 116 Å². The van der Waals surface area contributed by atoms with Crippen LogP contribution in [0.1, 0.15) is 12.0 Å². The van der Waals surface area contributed by atoms with Crippen molar-refractivity contribution in [2.45, 2.75) is 24.3 Å². The largest absolute Gasteiger partial charge is 0.479 e. The molecule has 106 valence electrons. The van der Waals surface area contributed by atoms with Gasteiger partial charge in [0, 0.05) is 6.54 Å². The number of hydrogen-bond acceptors (Lipinski definition) is 4. The van der Waals surface area contributed by atoms with Gasteiger partial charge < -0.3 is 10.2 Å². The summed E-state index contributed by atoms with van der Waals surface area (Å²) in [6.45, 7) is 1.58. The fourth-order valence-electron chi connectivity index (χ4n) is 1.36. The molecule has 1 rings (SSSR count). The molecule has 0 saturated heterocycles. The number of carboxylic acids is 1. The van der Waals surface area contributed by atoms with E-state index in [9.17, 15) is 13.2 Å². The fraction of sp³-hybridized carbons (Fsp3) is 0.364. The molecular weight excluding hydrogens is 294 g/mol. The third kappa shape index (κ3) is 4.46. The first-order valence-corrected chi connectivity index (χ1v) is 7.27. The van der Waals surface area contributed by atoms with Crippen molar-refractivity contribution >= 4 is 27.6 Å². The van der Waals surface area contributed by atoms with Crippen LogP contribution in [0.3, 0.4) is 0 Å². The molecule has 0 saturated carbocycles. The molecule has 3 N–H and O–H groups in total. The number of aryl methyl sites for hydroxylation is 1. The number of benzene rings is 1. The van der Waals surface area contributed by atoms with Gasteiger partial charge in [-0.05, 0) is 31.0 Å². The minimum atomic E-state index is -3.82. The molecule has 1 aromatic carbocycles. The van der Waals surface area contributed by atoms with Crippen LogP contribution < -0.4 is 4.72 Å².